The summed E-state index contributed by atoms with van der Waals surface area (Å²) in [6, 6.07) is 0. The fourth-order valence-corrected chi connectivity index (χ4v) is 294. The molecular weight excluding hydrogens is 209 g/mol. The Morgan fingerprint density at radius 3 is 1.88 bits per heavy atom. The standard InChI is InChI=1S/CH16Si7/c1-8-6-4-2-3-5-7-8/h8H,2-7H2,1H3. The Bertz CT molecular complexity index is 53.4. The topological polar surface area (TPSA) is 0 Å². The van der Waals surface area contributed by atoms with Gasteiger partial charge in [0, 0.05) is 7.83 Å². The van der Waals surface area contributed by atoms with Crippen molar-refractivity contribution in [3.8, 4) is 0 Å². The van der Waals surface area contributed by atoms with Gasteiger partial charge in [-0.2, -0.15) is 0 Å². The van der Waals surface area contributed by atoms with E-state index in [1.54, 1.807) is 0 Å². The summed E-state index contributed by atoms with van der Waals surface area (Å²) in [7, 11) is 5.69. The summed E-state index contributed by atoms with van der Waals surface area (Å²) >= 11 is 0. The molecular formula is CH16Si7. The second kappa shape index (κ2) is 4.35. The summed E-state index contributed by atoms with van der Waals surface area (Å²) in [4.78, 5) is 0. The summed E-state index contributed by atoms with van der Waals surface area (Å²) in [6.45, 7) is 2.76. The minimum Gasteiger partial charge on any atom is -0.0770 e. The van der Waals surface area contributed by atoms with Gasteiger partial charge in [0.05, 0.1) is 0 Å². The number of hydrogen-bond donors (Lipinski definition) is 0. The maximum absolute atomic E-state index is 2.76. The molecule has 0 aliphatic carbocycles. The molecule has 1 saturated heterocycles. The molecule has 0 amide bonds. The second-order valence-electron chi connectivity index (χ2n) is 3.10. The monoisotopic (exact) mass is 224 g/mol. The molecule has 0 spiro atoms. The highest BCUT2D eigenvalue weighted by molar-refractivity contribution is 7.79. The fourth-order valence-electron chi connectivity index (χ4n) is 1.48. The molecule has 1 rings (SSSR count). The van der Waals surface area contributed by atoms with E-state index in [1.165, 1.54) is 0 Å². The fraction of sp³-hybridized carbons (Fsp3) is 1.00. The van der Waals surface area contributed by atoms with Crippen LogP contribution in [0.4, 0.5) is 0 Å². The van der Waals surface area contributed by atoms with Crippen molar-refractivity contribution >= 4 is 59.2 Å². The van der Waals surface area contributed by atoms with Crippen LogP contribution in [0.3, 0.4) is 0 Å². The third-order valence-electron chi connectivity index (χ3n) is 2.14. The summed E-state index contributed by atoms with van der Waals surface area (Å²) in [5.74, 6) is 0. The second-order valence-corrected chi connectivity index (χ2v) is 68.9. The zero-order valence-corrected chi connectivity index (χ0v) is 15.5. The molecule has 0 bridgehead atoms. The van der Waals surface area contributed by atoms with Crippen LogP contribution in [0.15, 0.2) is 0 Å². The first-order chi connectivity index (χ1) is 3.89. The first-order valence-corrected chi connectivity index (χ1v) is 31.6. The van der Waals surface area contributed by atoms with Crippen molar-refractivity contribution in [1.29, 1.82) is 0 Å². The lowest BCUT2D eigenvalue weighted by Gasteiger charge is -1.98. The Hall–Kier alpha value is 1.52. The molecule has 0 atom stereocenters. The molecule has 1 heterocycles. The van der Waals surface area contributed by atoms with Crippen molar-refractivity contribution in [2.24, 2.45) is 0 Å². The van der Waals surface area contributed by atoms with E-state index in [0.29, 0.717) is 7.83 Å². The van der Waals surface area contributed by atoms with E-state index in [2.05, 4.69) is 6.55 Å². The minimum atomic E-state index is 0.331. The van der Waals surface area contributed by atoms with Crippen molar-refractivity contribution in [3.63, 3.8) is 0 Å². The van der Waals surface area contributed by atoms with Gasteiger partial charge in [-0.05, 0) is 51.3 Å². The maximum atomic E-state index is 2.76. The predicted molar refractivity (Wildman–Crippen MR) is 64.3 cm³/mol. The minimum absolute atomic E-state index is 0.331. The van der Waals surface area contributed by atoms with E-state index in [0.717, 1.165) is 51.3 Å². The molecule has 0 saturated carbocycles. The lowest BCUT2D eigenvalue weighted by Crippen LogP contribution is -2.31. The van der Waals surface area contributed by atoms with Gasteiger partial charge < -0.3 is 0 Å². The van der Waals surface area contributed by atoms with Crippen LogP contribution in [0.5, 0.6) is 0 Å². The van der Waals surface area contributed by atoms with Gasteiger partial charge in [0.15, 0.2) is 0 Å². The van der Waals surface area contributed by atoms with Crippen molar-refractivity contribution in [3.05, 3.63) is 0 Å². The van der Waals surface area contributed by atoms with Crippen LogP contribution >= 0.6 is 0 Å². The first-order valence-electron chi connectivity index (χ1n) is 3.89. The van der Waals surface area contributed by atoms with E-state index >= 15 is 0 Å². The van der Waals surface area contributed by atoms with Crippen LogP contribution in [-0.2, 0) is 0 Å². The third kappa shape index (κ3) is 2.89. The van der Waals surface area contributed by atoms with Crippen molar-refractivity contribution in [2.45, 2.75) is 6.55 Å². The Morgan fingerprint density at radius 2 is 1.38 bits per heavy atom. The van der Waals surface area contributed by atoms with E-state index in [1.807, 2.05) is 0 Å². The van der Waals surface area contributed by atoms with Gasteiger partial charge in [0.2, 0.25) is 0 Å². The molecule has 8 heavy (non-hydrogen) atoms. The van der Waals surface area contributed by atoms with E-state index in [4.69, 9.17) is 0 Å². The zero-order chi connectivity index (χ0) is 5.82. The Kier molecular flexibility index (Phi) is 4.15. The Morgan fingerprint density at radius 1 is 0.875 bits per heavy atom. The quantitative estimate of drug-likeness (QED) is 0.360. The molecule has 1 fully saturated rings. The van der Waals surface area contributed by atoms with Crippen LogP contribution in [0.25, 0.3) is 0 Å². The molecule has 0 N–H and O–H groups in total. The highest BCUT2D eigenvalue weighted by Gasteiger charge is 2.09. The largest absolute Gasteiger partial charge is 0.0770 e. The molecule has 7 heteroatoms. The molecule has 0 radical (unpaired) electrons. The van der Waals surface area contributed by atoms with Gasteiger partial charge in [-0.1, -0.05) is 6.55 Å². The van der Waals surface area contributed by atoms with Crippen LogP contribution in [0.1, 0.15) is 0 Å². The molecule has 0 nitrogen and oxygen atoms in total. The smallest absolute Gasteiger partial charge is 0.00317 e. The van der Waals surface area contributed by atoms with E-state index < -0.39 is 0 Å². The number of hydrogen-bond acceptors (Lipinski definition) is 0. The Labute approximate surface area is 65.7 Å². The molecule has 48 valence electrons. The highest BCUT2D eigenvalue weighted by Crippen LogP contribution is 1.76. The average molecular weight is 225 g/mol. The van der Waals surface area contributed by atoms with Crippen LogP contribution in [0, 0.1) is 0 Å². The summed E-state index contributed by atoms with van der Waals surface area (Å²) in [6.07, 6.45) is 0. The van der Waals surface area contributed by atoms with Gasteiger partial charge in [0.25, 0.3) is 0 Å². The lowest BCUT2D eigenvalue weighted by atomic mass is 11.9. The van der Waals surface area contributed by atoms with E-state index in [-0.39, 0.29) is 0 Å². The molecule has 1 aliphatic rings. The molecule has 1 aliphatic heterocycles. The summed E-state index contributed by atoms with van der Waals surface area (Å²) < 4.78 is 0. The van der Waals surface area contributed by atoms with Gasteiger partial charge in [0.1, 0.15) is 0 Å². The predicted octanol–water partition coefficient (Wildman–Crippen LogP) is -5.56. The zero-order valence-electron chi connectivity index (χ0n) is 5.82. The maximum Gasteiger partial charge on any atom is 0.00317 e. The Balaban J connectivity index is 2.17. The van der Waals surface area contributed by atoms with E-state index in [9.17, 15) is 0 Å². The van der Waals surface area contributed by atoms with Crippen LogP contribution in [-0.4, -0.2) is 59.2 Å². The average Bonchev–Trinajstić information content (AvgIpc) is 1.94. The molecule has 0 unspecified atom stereocenters. The van der Waals surface area contributed by atoms with Crippen LogP contribution in [0.2, 0.25) is 6.55 Å². The molecule has 0 aromatic heterocycles. The third-order valence-corrected chi connectivity index (χ3v) is 142. The van der Waals surface area contributed by atoms with Crippen molar-refractivity contribution in [2.75, 3.05) is 0 Å². The van der Waals surface area contributed by atoms with Crippen molar-refractivity contribution in [1.82, 2.24) is 0 Å². The van der Waals surface area contributed by atoms with Gasteiger partial charge in [-0.3, -0.25) is 0 Å². The lowest BCUT2D eigenvalue weighted by molar-refractivity contribution is 2.33. The SMILES string of the molecule is C[SiH]1[SiH2][SiH2][SiH2][SiH2][SiH2][SiH2]1. The molecule has 0 aromatic rings. The number of rotatable bonds is 0. The molecule has 0 aromatic carbocycles. The normalized spacial score (nSPS) is 49.9. The van der Waals surface area contributed by atoms with Crippen molar-refractivity contribution < 1.29 is 0 Å². The summed E-state index contributed by atoms with van der Waals surface area (Å²) in [5, 5.41) is 0. The van der Waals surface area contributed by atoms with Gasteiger partial charge in [-0.15, -0.1) is 0 Å². The summed E-state index contributed by atoms with van der Waals surface area (Å²) in [5.41, 5.74) is 0. The first kappa shape index (κ1) is 7.62. The van der Waals surface area contributed by atoms with Crippen LogP contribution < -0.4 is 0 Å². The highest BCUT2D eigenvalue weighted by atomic mass is 30.1. The van der Waals surface area contributed by atoms with Gasteiger partial charge in [-0.25, -0.2) is 0 Å². The van der Waals surface area contributed by atoms with Gasteiger partial charge >= 0.3 is 0 Å².